The summed E-state index contributed by atoms with van der Waals surface area (Å²) >= 11 is 0. The topological polar surface area (TPSA) is 90.0 Å². The van der Waals surface area contributed by atoms with Gasteiger partial charge in [0.2, 0.25) is 10.0 Å². The first-order valence-electron chi connectivity index (χ1n) is 7.30. The molecule has 116 valence electrons. The summed E-state index contributed by atoms with van der Waals surface area (Å²) in [7, 11) is -3.56. The maximum atomic E-state index is 12.2. The molecule has 0 fully saturated rings. The Morgan fingerprint density at radius 3 is 2.50 bits per heavy atom. The lowest BCUT2D eigenvalue weighted by molar-refractivity contribution is 0.434. The van der Waals surface area contributed by atoms with E-state index in [0.717, 1.165) is 32.1 Å². The van der Waals surface area contributed by atoms with Gasteiger partial charge < -0.3 is 5.73 Å². The smallest absolute Gasteiger partial charge is 0.245 e. The van der Waals surface area contributed by atoms with Crippen LogP contribution in [0.2, 0.25) is 0 Å². The van der Waals surface area contributed by atoms with Crippen LogP contribution in [0.15, 0.2) is 11.1 Å². The molecule has 0 atom stereocenters. The quantitative estimate of drug-likeness (QED) is 0.685. The lowest BCUT2D eigenvalue weighted by Gasteiger charge is -2.15. The summed E-state index contributed by atoms with van der Waals surface area (Å²) < 4.78 is 28.6. The highest BCUT2D eigenvalue weighted by Gasteiger charge is 2.23. The van der Waals surface area contributed by atoms with Crippen molar-refractivity contribution in [3.8, 4) is 0 Å². The number of nitrogens with two attached hydrogens (primary N) is 1. The number of sulfonamides is 1. The van der Waals surface area contributed by atoms with Crippen LogP contribution in [0.25, 0.3) is 0 Å². The Balaban J connectivity index is 2.86. The largest absolute Gasteiger partial charge is 0.383 e. The van der Waals surface area contributed by atoms with Gasteiger partial charge in [-0.15, -0.1) is 0 Å². The molecule has 7 heteroatoms. The molecule has 0 aliphatic heterocycles. The van der Waals surface area contributed by atoms with Crippen LogP contribution in [0, 0.1) is 0 Å². The summed E-state index contributed by atoms with van der Waals surface area (Å²) in [6.07, 6.45) is 5.96. The molecule has 6 nitrogen and oxygen atoms in total. The van der Waals surface area contributed by atoms with E-state index in [1.165, 1.54) is 6.20 Å². The Kier molecular flexibility index (Phi) is 6.48. The molecule has 0 aliphatic carbocycles. The van der Waals surface area contributed by atoms with E-state index >= 15 is 0 Å². The third kappa shape index (κ3) is 3.96. The van der Waals surface area contributed by atoms with Crippen LogP contribution in [0.5, 0.6) is 0 Å². The van der Waals surface area contributed by atoms with Gasteiger partial charge in [-0.3, -0.25) is 0 Å². The number of hydrogen-bond acceptors (Lipinski definition) is 4. The molecule has 1 aromatic rings. The second-order valence-corrected chi connectivity index (χ2v) is 6.65. The van der Waals surface area contributed by atoms with Crippen LogP contribution < -0.4 is 10.5 Å². The van der Waals surface area contributed by atoms with E-state index in [-0.39, 0.29) is 16.8 Å². The van der Waals surface area contributed by atoms with Crippen LogP contribution in [0.1, 0.15) is 58.9 Å². The van der Waals surface area contributed by atoms with Crippen LogP contribution in [0.4, 0.5) is 5.82 Å². The van der Waals surface area contributed by atoms with E-state index in [1.807, 2.05) is 13.8 Å². The van der Waals surface area contributed by atoms with Gasteiger partial charge in [-0.25, -0.2) is 17.8 Å². The Morgan fingerprint density at radius 1 is 1.30 bits per heavy atom. The van der Waals surface area contributed by atoms with Gasteiger partial charge in [0.1, 0.15) is 10.7 Å². The number of aromatic nitrogens is 2. The van der Waals surface area contributed by atoms with Crippen molar-refractivity contribution in [2.45, 2.75) is 63.8 Å². The fraction of sp³-hybridized carbons (Fsp3) is 0.769. The van der Waals surface area contributed by atoms with Crippen molar-refractivity contribution in [3.05, 3.63) is 6.20 Å². The number of nitrogen functional groups attached to an aromatic ring is 1. The van der Waals surface area contributed by atoms with E-state index in [2.05, 4.69) is 16.7 Å². The number of hydrogen-bond donors (Lipinski definition) is 2. The molecule has 0 aromatic carbocycles. The number of unbranched alkanes of at least 4 members (excludes halogenated alkanes) is 2. The number of nitrogens with zero attached hydrogens (tertiary/aromatic N) is 2. The Hall–Kier alpha value is -1.08. The summed E-state index contributed by atoms with van der Waals surface area (Å²) in [4.78, 5) is 0.0842. The number of anilines is 1. The van der Waals surface area contributed by atoms with Crippen molar-refractivity contribution in [2.75, 3.05) is 12.3 Å². The van der Waals surface area contributed by atoms with Crippen LogP contribution in [-0.2, 0) is 10.0 Å². The molecule has 1 aromatic heterocycles. The molecule has 0 aliphatic rings. The molecule has 0 saturated heterocycles. The van der Waals surface area contributed by atoms with Gasteiger partial charge in [-0.1, -0.05) is 33.6 Å². The number of nitrogens with one attached hydrogen (secondary N) is 1. The zero-order chi connectivity index (χ0) is 15.2. The van der Waals surface area contributed by atoms with Gasteiger partial charge in [0.15, 0.2) is 0 Å². The predicted molar refractivity (Wildman–Crippen MR) is 81.0 cm³/mol. The lowest BCUT2D eigenvalue weighted by atomic mass is 10.2. The molecule has 0 radical (unpaired) electrons. The summed E-state index contributed by atoms with van der Waals surface area (Å²) in [5.41, 5.74) is 5.95. The molecule has 1 rings (SSSR count). The minimum atomic E-state index is -3.56. The average molecular weight is 302 g/mol. The van der Waals surface area contributed by atoms with E-state index in [1.54, 1.807) is 4.68 Å². The van der Waals surface area contributed by atoms with Crippen LogP contribution in [-0.4, -0.2) is 24.7 Å². The van der Waals surface area contributed by atoms with Gasteiger partial charge in [-0.05, 0) is 19.3 Å². The van der Waals surface area contributed by atoms with Gasteiger partial charge >= 0.3 is 0 Å². The van der Waals surface area contributed by atoms with Crippen molar-refractivity contribution in [1.29, 1.82) is 0 Å². The fourth-order valence-corrected chi connectivity index (χ4v) is 3.27. The molecule has 0 amide bonds. The molecule has 0 saturated carbocycles. The summed E-state index contributed by atoms with van der Waals surface area (Å²) in [6, 6.07) is 0.138. The van der Waals surface area contributed by atoms with Crippen molar-refractivity contribution < 1.29 is 8.42 Å². The normalized spacial score (nSPS) is 12.2. The van der Waals surface area contributed by atoms with Gasteiger partial charge in [0.25, 0.3) is 0 Å². The lowest BCUT2D eigenvalue weighted by Crippen LogP contribution is -2.25. The first-order valence-corrected chi connectivity index (χ1v) is 8.78. The van der Waals surface area contributed by atoms with E-state index in [0.29, 0.717) is 6.54 Å². The molecule has 20 heavy (non-hydrogen) atoms. The summed E-state index contributed by atoms with van der Waals surface area (Å²) in [5, 5.41) is 4.14. The highest BCUT2D eigenvalue weighted by atomic mass is 32.2. The molecule has 0 spiro atoms. The van der Waals surface area contributed by atoms with Gasteiger partial charge in [-0.2, -0.15) is 5.10 Å². The first kappa shape index (κ1) is 17.0. The minimum absolute atomic E-state index is 0.0842. The summed E-state index contributed by atoms with van der Waals surface area (Å²) in [5.74, 6) is 0.224. The molecule has 1 heterocycles. The zero-order valence-electron chi connectivity index (χ0n) is 12.6. The first-order chi connectivity index (χ1) is 9.47. The minimum Gasteiger partial charge on any atom is -0.383 e. The highest BCUT2D eigenvalue weighted by molar-refractivity contribution is 7.89. The van der Waals surface area contributed by atoms with Gasteiger partial charge in [0, 0.05) is 6.54 Å². The maximum Gasteiger partial charge on any atom is 0.245 e. The second-order valence-electron chi connectivity index (χ2n) is 4.91. The third-order valence-electron chi connectivity index (χ3n) is 3.45. The molecular formula is C13H26N4O2S. The molecule has 0 bridgehead atoms. The SMILES string of the molecule is CCCCCNS(=O)(=O)c1cnn(C(CC)CC)c1N. The average Bonchev–Trinajstić information content (AvgIpc) is 2.79. The number of rotatable bonds is 9. The van der Waals surface area contributed by atoms with Crippen molar-refractivity contribution >= 4 is 15.8 Å². The molecule has 0 unspecified atom stereocenters. The standard InChI is InChI=1S/C13H26N4O2S/c1-4-7-8-9-16-20(18,19)12-10-15-17(13(12)14)11(5-2)6-3/h10-11,16H,4-9,14H2,1-3H3. The Bertz CT molecular complexity index is 506. The molecular weight excluding hydrogens is 276 g/mol. The highest BCUT2D eigenvalue weighted by Crippen LogP contribution is 2.24. The monoisotopic (exact) mass is 302 g/mol. The third-order valence-corrected chi connectivity index (χ3v) is 4.93. The van der Waals surface area contributed by atoms with E-state index < -0.39 is 10.0 Å². The summed E-state index contributed by atoms with van der Waals surface area (Å²) in [6.45, 7) is 6.58. The second kappa shape index (κ2) is 7.64. The zero-order valence-corrected chi connectivity index (χ0v) is 13.4. The maximum absolute atomic E-state index is 12.2. The van der Waals surface area contributed by atoms with E-state index in [9.17, 15) is 8.42 Å². The van der Waals surface area contributed by atoms with Crippen molar-refractivity contribution in [2.24, 2.45) is 0 Å². The van der Waals surface area contributed by atoms with Gasteiger partial charge in [0.05, 0.1) is 12.2 Å². The molecule has 3 N–H and O–H groups in total. The van der Waals surface area contributed by atoms with E-state index in [4.69, 9.17) is 5.73 Å². The van der Waals surface area contributed by atoms with Crippen LogP contribution >= 0.6 is 0 Å². The Labute approximate surface area is 121 Å². The van der Waals surface area contributed by atoms with Crippen molar-refractivity contribution in [3.63, 3.8) is 0 Å². The Morgan fingerprint density at radius 2 is 1.95 bits per heavy atom. The fourth-order valence-electron chi connectivity index (χ4n) is 2.15. The predicted octanol–water partition coefficient (Wildman–Crippen LogP) is 2.29. The van der Waals surface area contributed by atoms with Crippen LogP contribution in [0.3, 0.4) is 0 Å². The van der Waals surface area contributed by atoms with Crippen molar-refractivity contribution in [1.82, 2.24) is 14.5 Å².